The first-order valence-corrected chi connectivity index (χ1v) is 16.1. The predicted octanol–water partition coefficient (Wildman–Crippen LogP) is 8.13. The Kier molecular flexibility index (Phi) is 5.14. The average molecular weight is 570 g/mol. The Balaban J connectivity index is 1.47. The van der Waals surface area contributed by atoms with Gasteiger partial charge in [0.15, 0.2) is 7.14 Å². The van der Waals surface area contributed by atoms with Crippen LogP contribution in [-0.2, 0) is 4.57 Å². The number of para-hydroxylation sites is 3. The van der Waals surface area contributed by atoms with E-state index in [1.165, 1.54) is 0 Å². The van der Waals surface area contributed by atoms with Gasteiger partial charge in [-0.2, -0.15) is 0 Å². The topological polar surface area (TPSA) is 47.3 Å². The van der Waals surface area contributed by atoms with Crippen molar-refractivity contribution in [1.82, 2.24) is 14.4 Å². The summed E-state index contributed by atoms with van der Waals surface area (Å²) in [6.45, 7) is 0. The summed E-state index contributed by atoms with van der Waals surface area (Å²) in [5.41, 5.74) is 3.79. The van der Waals surface area contributed by atoms with Crippen LogP contribution in [0, 0.1) is 0 Å². The van der Waals surface area contributed by atoms with Gasteiger partial charge in [-0.15, -0.1) is 0 Å². The van der Waals surface area contributed by atoms with Gasteiger partial charge in [0.2, 0.25) is 0 Å². The fourth-order valence-corrected chi connectivity index (χ4v) is 9.49. The minimum atomic E-state index is -3.45. The Morgan fingerprint density at radius 1 is 0.535 bits per heavy atom. The van der Waals surface area contributed by atoms with E-state index in [1.807, 2.05) is 73.1 Å². The summed E-state index contributed by atoms with van der Waals surface area (Å²) in [4.78, 5) is 9.83. The largest absolute Gasteiger partial charge is 0.309 e. The third kappa shape index (κ3) is 3.48. The molecule has 0 fully saturated rings. The monoisotopic (exact) mass is 569 g/mol. The number of benzene rings is 6. The zero-order valence-corrected chi connectivity index (χ0v) is 23.9. The highest BCUT2D eigenvalue weighted by atomic mass is 31.2. The normalized spacial score (nSPS) is 12.3. The third-order valence-electron chi connectivity index (χ3n) is 8.67. The van der Waals surface area contributed by atoms with Crippen molar-refractivity contribution in [2.45, 2.75) is 0 Å². The van der Waals surface area contributed by atoms with Gasteiger partial charge >= 0.3 is 0 Å². The molecule has 0 saturated heterocycles. The molecule has 0 amide bonds. The zero-order valence-electron chi connectivity index (χ0n) is 23.1. The van der Waals surface area contributed by atoms with Crippen LogP contribution in [0.1, 0.15) is 0 Å². The van der Waals surface area contributed by atoms with Crippen molar-refractivity contribution in [3.63, 3.8) is 0 Å². The Bertz CT molecular complexity index is 2540. The molecular weight excluding hydrogens is 545 g/mol. The molecule has 0 radical (unpaired) electrons. The van der Waals surface area contributed by atoms with Gasteiger partial charge in [0.25, 0.3) is 0 Å². The van der Waals surface area contributed by atoms with E-state index in [4.69, 9.17) is 9.97 Å². The molecule has 0 aliphatic rings. The highest BCUT2D eigenvalue weighted by Crippen LogP contribution is 2.47. The minimum Gasteiger partial charge on any atom is -0.309 e. The molecular formula is C38H24N3OP. The summed E-state index contributed by atoms with van der Waals surface area (Å²) in [5.74, 6) is 0. The van der Waals surface area contributed by atoms with Crippen LogP contribution in [0.5, 0.6) is 0 Å². The Labute approximate surface area is 247 Å². The van der Waals surface area contributed by atoms with Gasteiger partial charge in [0.1, 0.15) is 5.65 Å². The highest BCUT2D eigenvalue weighted by molar-refractivity contribution is 7.85. The van der Waals surface area contributed by atoms with Crippen molar-refractivity contribution in [1.29, 1.82) is 0 Å². The van der Waals surface area contributed by atoms with Gasteiger partial charge in [0, 0.05) is 44.5 Å². The number of fused-ring (bicyclic) bond motifs is 10. The van der Waals surface area contributed by atoms with E-state index in [2.05, 4.69) is 77.2 Å². The van der Waals surface area contributed by atoms with Crippen molar-refractivity contribution in [3.05, 3.63) is 146 Å². The Hall–Kier alpha value is -5.31. The van der Waals surface area contributed by atoms with Crippen molar-refractivity contribution in [2.24, 2.45) is 0 Å². The smallest absolute Gasteiger partial charge is 0.173 e. The second-order valence-corrected chi connectivity index (χ2v) is 13.8. The standard InChI is InChI=1S/C38H24N3OP/c42-43(29-19-17-25-9-1-3-11-27(25)21-29,30-20-18-26-10-2-4-12-28(26)22-30)36-24-39-23-32-37(36)31-13-5-7-15-34(31)41-35-16-8-6-14-33(35)40-38(32)41/h1-24H. The molecule has 0 atom stereocenters. The second kappa shape index (κ2) is 9.09. The van der Waals surface area contributed by atoms with Gasteiger partial charge in [-0.1, -0.05) is 103 Å². The lowest BCUT2D eigenvalue weighted by atomic mass is 10.1. The lowest BCUT2D eigenvalue weighted by Gasteiger charge is -2.23. The lowest BCUT2D eigenvalue weighted by molar-refractivity contribution is 0.592. The van der Waals surface area contributed by atoms with E-state index in [0.29, 0.717) is 0 Å². The van der Waals surface area contributed by atoms with E-state index in [9.17, 15) is 0 Å². The van der Waals surface area contributed by atoms with E-state index in [0.717, 1.165) is 75.8 Å². The maximum absolute atomic E-state index is 16.2. The maximum atomic E-state index is 16.2. The summed E-state index contributed by atoms with van der Waals surface area (Å²) in [7, 11) is -3.45. The van der Waals surface area contributed by atoms with Gasteiger partial charge < -0.3 is 4.57 Å². The van der Waals surface area contributed by atoms with Crippen LogP contribution in [0.4, 0.5) is 0 Å². The van der Waals surface area contributed by atoms with Gasteiger partial charge in [-0.25, -0.2) is 4.98 Å². The summed E-state index contributed by atoms with van der Waals surface area (Å²) >= 11 is 0. The van der Waals surface area contributed by atoms with E-state index in [-0.39, 0.29) is 0 Å². The first kappa shape index (κ1) is 24.3. The number of imidazole rings is 1. The molecule has 0 saturated carbocycles. The van der Waals surface area contributed by atoms with E-state index in [1.54, 1.807) is 0 Å². The van der Waals surface area contributed by atoms with Crippen LogP contribution in [-0.4, -0.2) is 14.4 Å². The van der Waals surface area contributed by atoms with E-state index >= 15 is 4.57 Å². The average Bonchev–Trinajstić information content (AvgIpc) is 3.47. The molecule has 0 aliphatic carbocycles. The molecule has 3 aromatic heterocycles. The molecule has 0 bridgehead atoms. The first-order chi connectivity index (χ1) is 21.2. The van der Waals surface area contributed by atoms with Crippen LogP contribution in [0.15, 0.2) is 146 Å². The number of hydrogen-bond acceptors (Lipinski definition) is 3. The SMILES string of the molecule is O=P(c1ccc2ccccc2c1)(c1ccc2ccccc2c1)c1cncc2c1c1ccccc1n1c3ccccc3nc21. The van der Waals surface area contributed by atoms with Crippen LogP contribution >= 0.6 is 7.14 Å². The third-order valence-corrected chi connectivity index (χ3v) is 11.7. The van der Waals surface area contributed by atoms with Crippen molar-refractivity contribution < 1.29 is 4.57 Å². The second-order valence-electron chi connectivity index (χ2n) is 11.0. The minimum absolute atomic E-state index is 0.723. The van der Waals surface area contributed by atoms with Crippen molar-refractivity contribution in [2.75, 3.05) is 0 Å². The van der Waals surface area contributed by atoms with Crippen LogP contribution < -0.4 is 15.9 Å². The number of aromatic nitrogens is 3. The molecule has 0 spiro atoms. The quantitative estimate of drug-likeness (QED) is 0.159. The molecule has 6 aromatic carbocycles. The summed E-state index contributed by atoms with van der Waals surface area (Å²) in [5, 5.41) is 9.47. The Morgan fingerprint density at radius 3 is 1.81 bits per heavy atom. The maximum Gasteiger partial charge on any atom is 0.173 e. The lowest BCUT2D eigenvalue weighted by Crippen LogP contribution is -2.26. The predicted molar refractivity (Wildman–Crippen MR) is 180 cm³/mol. The van der Waals surface area contributed by atoms with Crippen LogP contribution in [0.3, 0.4) is 0 Å². The first-order valence-electron chi connectivity index (χ1n) is 14.4. The van der Waals surface area contributed by atoms with Gasteiger partial charge in [-0.05, 0) is 51.9 Å². The molecule has 9 rings (SSSR count). The van der Waals surface area contributed by atoms with Crippen LogP contribution in [0.25, 0.3) is 59.9 Å². The van der Waals surface area contributed by atoms with Crippen molar-refractivity contribution >= 4 is 83.0 Å². The van der Waals surface area contributed by atoms with Gasteiger partial charge in [-0.3, -0.25) is 9.38 Å². The van der Waals surface area contributed by atoms with Crippen molar-refractivity contribution in [3.8, 4) is 0 Å². The number of pyridine rings is 2. The fraction of sp³-hybridized carbons (Fsp3) is 0. The Morgan fingerprint density at radius 2 is 1.12 bits per heavy atom. The molecule has 0 unspecified atom stereocenters. The summed E-state index contributed by atoms with van der Waals surface area (Å²) in [6.07, 6.45) is 3.69. The van der Waals surface area contributed by atoms with Gasteiger partial charge in [0.05, 0.1) is 16.6 Å². The molecule has 4 nitrogen and oxygen atoms in total. The molecule has 9 aromatic rings. The number of hydrogen-bond donors (Lipinski definition) is 0. The molecule has 202 valence electrons. The number of nitrogens with zero attached hydrogens (tertiary/aromatic N) is 3. The fourth-order valence-electron chi connectivity index (χ4n) is 6.64. The molecule has 43 heavy (non-hydrogen) atoms. The molecule has 0 aliphatic heterocycles. The highest BCUT2D eigenvalue weighted by Gasteiger charge is 2.34. The zero-order chi connectivity index (χ0) is 28.5. The number of rotatable bonds is 3. The summed E-state index contributed by atoms with van der Waals surface area (Å²) in [6, 6.07) is 45.4. The molecule has 3 heterocycles. The van der Waals surface area contributed by atoms with E-state index < -0.39 is 7.14 Å². The van der Waals surface area contributed by atoms with Crippen LogP contribution in [0.2, 0.25) is 0 Å². The molecule has 0 N–H and O–H groups in total. The molecule has 5 heteroatoms. The summed E-state index contributed by atoms with van der Waals surface area (Å²) < 4.78 is 18.4.